The van der Waals surface area contributed by atoms with Gasteiger partial charge in [0.05, 0.1) is 13.7 Å². The Labute approximate surface area is 81.7 Å². The molecular weight excluding hydrogens is 188 g/mol. The molecule has 2 amide bonds. The average Bonchev–Trinajstić information content (AvgIpc) is 2.65. The van der Waals surface area contributed by atoms with Crippen LogP contribution in [0.25, 0.3) is 0 Å². The van der Waals surface area contributed by atoms with E-state index in [-0.39, 0.29) is 5.92 Å². The van der Waals surface area contributed by atoms with Crippen molar-refractivity contribution in [3.8, 4) is 0 Å². The summed E-state index contributed by atoms with van der Waals surface area (Å²) in [7, 11) is 1.23. The second kappa shape index (κ2) is 4.80. The van der Waals surface area contributed by atoms with E-state index in [2.05, 4.69) is 10.1 Å². The molecule has 80 valence electrons. The Kier molecular flexibility index (Phi) is 3.70. The van der Waals surface area contributed by atoms with Crippen molar-refractivity contribution in [3.63, 3.8) is 0 Å². The van der Waals surface area contributed by atoms with Gasteiger partial charge in [0.1, 0.15) is 6.04 Å². The number of hydrogen-bond donors (Lipinski definition) is 2. The number of rotatable bonds is 3. The van der Waals surface area contributed by atoms with Crippen LogP contribution in [-0.4, -0.2) is 38.4 Å². The Hall–Kier alpha value is -1.30. The van der Waals surface area contributed by atoms with Crippen LogP contribution in [0.4, 0.5) is 4.79 Å². The number of alkyl carbamates (subject to hydrolysis) is 1. The van der Waals surface area contributed by atoms with Crippen LogP contribution in [-0.2, 0) is 14.3 Å². The van der Waals surface area contributed by atoms with E-state index in [0.717, 1.165) is 6.42 Å². The molecule has 0 aromatic heterocycles. The van der Waals surface area contributed by atoms with Crippen molar-refractivity contribution in [2.45, 2.75) is 12.5 Å². The molecular formula is C8H14N2O4. The van der Waals surface area contributed by atoms with Gasteiger partial charge in [-0.25, -0.2) is 4.79 Å². The summed E-state index contributed by atoms with van der Waals surface area (Å²) < 4.78 is 9.50. The van der Waals surface area contributed by atoms with Gasteiger partial charge in [-0.15, -0.1) is 0 Å². The molecule has 0 aromatic rings. The fourth-order valence-electron chi connectivity index (χ4n) is 1.42. The van der Waals surface area contributed by atoms with Gasteiger partial charge in [0.15, 0.2) is 0 Å². The van der Waals surface area contributed by atoms with E-state index in [1.807, 2.05) is 0 Å². The maximum atomic E-state index is 11.0. The van der Waals surface area contributed by atoms with Crippen LogP contribution in [0.1, 0.15) is 6.42 Å². The predicted octanol–water partition coefficient (Wildman–Crippen LogP) is -0.767. The predicted molar refractivity (Wildman–Crippen MR) is 47.4 cm³/mol. The number of amides is 2. The van der Waals surface area contributed by atoms with E-state index >= 15 is 0 Å². The maximum absolute atomic E-state index is 11.0. The van der Waals surface area contributed by atoms with Gasteiger partial charge in [0.2, 0.25) is 5.91 Å². The molecule has 0 aliphatic carbocycles. The van der Waals surface area contributed by atoms with Crippen LogP contribution in [0.3, 0.4) is 0 Å². The number of methoxy groups -OCH3 is 1. The summed E-state index contributed by atoms with van der Waals surface area (Å²) in [6, 6.07) is -0.704. The van der Waals surface area contributed by atoms with Gasteiger partial charge in [-0.2, -0.15) is 0 Å². The number of nitrogens with one attached hydrogen (secondary N) is 1. The number of ether oxygens (including phenoxy) is 2. The Bertz CT molecular complexity index is 225. The molecule has 0 saturated carbocycles. The lowest BCUT2D eigenvalue weighted by Crippen LogP contribution is -2.49. The Morgan fingerprint density at radius 2 is 2.36 bits per heavy atom. The summed E-state index contributed by atoms with van der Waals surface area (Å²) in [6.07, 6.45) is 0.0677. The van der Waals surface area contributed by atoms with Crippen LogP contribution in [0.15, 0.2) is 0 Å². The molecule has 0 radical (unpaired) electrons. The highest BCUT2D eigenvalue weighted by Gasteiger charge is 2.31. The molecule has 1 aliphatic rings. The molecule has 1 unspecified atom stereocenters. The summed E-state index contributed by atoms with van der Waals surface area (Å²) in [4.78, 5) is 21.9. The van der Waals surface area contributed by atoms with Gasteiger partial charge in [0.25, 0.3) is 0 Å². The van der Waals surface area contributed by atoms with Crippen LogP contribution in [0.2, 0.25) is 0 Å². The summed E-state index contributed by atoms with van der Waals surface area (Å²) in [5.74, 6) is -0.613. The van der Waals surface area contributed by atoms with Crippen LogP contribution < -0.4 is 11.1 Å². The first kappa shape index (κ1) is 10.8. The third-order valence-electron chi connectivity index (χ3n) is 2.20. The highest BCUT2D eigenvalue weighted by atomic mass is 16.5. The van der Waals surface area contributed by atoms with Crippen LogP contribution in [0, 0.1) is 5.92 Å². The smallest absolute Gasteiger partial charge is 0.407 e. The normalized spacial score (nSPS) is 22.8. The molecule has 6 heteroatoms. The fourth-order valence-corrected chi connectivity index (χ4v) is 1.42. The largest absolute Gasteiger partial charge is 0.453 e. The Balaban J connectivity index is 2.54. The van der Waals surface area contributed by atoms with Gasteiger partial charge in [-0.05, 0) is 6.42 Å². The fraction of sp³-hybridized carbons (Fsp3) is 0.750. The Morgan fingerprint density at radius 3 is 2.79 bits per heavy atom. The van der Waals surface area contributed by atoms with Gasteiger partial charge >= 0.3 is 6.09 Å². The summed E-state index contributed by atoms with van der Waals surface area (Å²) >= 11 is 0. The maximum Gasteiger partial charge on any atom is 0.407 e. The number of carbonyl (C=O) groups is 2. The van der Waals surface area contributed by atoms with Crippen molar-refractivity contribution in [2.75, 3.05) is 20.3 Å². The first-order valence-corrected chi connectivity index (χ1v) is 4.36. The lowest BCUT2D eigenvalue weighted by molar-refractivity contribution is -0.121. The zero-order chi connectivity index (χ0) is 10.6. The van der Waals surface area contributed by atoms with Gasteiger partial charge in [-0.3, -0.25) is 4.79 Å². The monoisotopic (exact) mass is 202 g/mol. The zero-order valence-corrected chi connectivity index (χ0v) is 7.99. The average molecular weight is 202 g/mol. The molecule has 6 nitrogen and oxygen atoms in total. The summed E-state index contributed by atoms with van der Waals surface area (Å²) in [5.41, 5.74) is 5.15. The molecule has 1 fully saturated rings. The molecule has 1 rings (SSSR count). The molecule has 1 heterocycles. The van der Waals surface area contributed by atoms with E-state index < -0.39 is 18.0 Å². The van der Waals surface area contributed by atoms with Crippen molar-refractivity contribution in [2.24, 2.45) is 11.7 Å². The highest BCUT2D eigenvalue weighted by molar-refractivity contribution is 5.84. The van der Waals surface area contributed by atoms with Crippen molar-refractivity contribution >= 4 is 12.0 Å². The van der Waals surface area contributed by atoms with Crippen LogP contribution >= 0.6 is 0 Å². The molecule has 0 aromatic carbocycles. The number of nitrogens with two attached hydrogens (primary N) is 1. The van der Waals surface area contributed by atoms with Crippen molar-refractivity contribution < 1.29 is 19.1 Å². The van der Waals surface area contributed by atoms with Crippen LogP contribution in [0.5, 0.6) is 0 Å². The topological polar surface area (TPSA) is 90.6 Å². The lowest BCUT2D eigenvalue weighted by Gasteiger charge is -2.19. The molecule has 2 atom stereocenters. The molecule has 1 saturated heterocycles. The van der Waals surface area contributed by atoms with E-state index in [1.54, 1.807) is 0 Å². The van der Waals surface area contributed by atoms with Crippen molar-refractivity contribution in [3.05, 3.63) is 0 Å². The third kappa shape index (κ3) is 2.59. The Morgan fingerprint density at radius 1 is 1.64 bits per heavy atom. The quantitative estimate of drug-likeness (QED) is 0.629. The number of carbonyl (C=O) groups excluding carboxylic acids is 2. The highest BCUT2D eigenvalue weighted by Crippen LogP contribution is 2.16. The zero-order valence-electron chi connectivity index (χ0n) is 7.99. The second-order valence-electron chi connectivity index (χ2n) is 3.14. The number of primary amides is 1. The minimum absolute atomic E-state index is 0.0494. The van der Waals surface area contributed by atoms with E-state index in [1.165, 1.54) is 7.11 Å². The molecule has 0 bridgehead atoms. The van der Waals surface area contributed by atoms with Gasteiger partial charge < -0.3 is 20.5 Å². The SMILES string of the molecule is COC(=O)N[C@H](C(N)=O)C1CCOC1. The van der Waals surface area contributed by atoms with Crippen molar-refractivity contribution in [1.29, 1.82) is 0 Å². The summed E-state index contributed by atoms with van der Waals surface area (Å²) in [6.45, 7) is 1.04. The second-order valence-corrected chi connectivity index (χ2v) is 3.14. The molecule has 0 spiro atoms. The molecule has 1 aliphatic heterocycles. The van der Waals surface area contributed by atoms with E-state index in [0.29, 0.717) is 13.2 Å². The first-order chi connectivity index (χ1) is 6.65. The third-order valence-corrected chi connectivity index (χ3v) is 2.20. The standard InChI is InChI=1S/C8H14N2O4/c1-13-8(12)10-6(7(9)11)5-2-3-14-4-5/h5-6H,2-4H2,1H3,(H2,9,11)(H,10,12)/t5?,6-/m0/s1. The van der Waals surface area contributed by atoms with Gasteiger partial charge in [-0.1, -0.05) is 0 Å². The number of hydrogen-bond acceptors (Lipinski definition) is 4. The lowest BCUT2D eigenvalue weighted by atomic mass is 9.99. The first-order valence-electron chi connectivity index (χ1n) is 4.36. The van der Waals surface area contributed by atoms with E-state index in [4.69, 9.17) is 10.5 Å². The van der Waals surface area contributed by atoms with Gasteiger partial charge in [0, 0.05) is 12.5 Å². The van der Waals surface area contributed by atoms with Crippen molar-refractivity contribution in [1.82, 2.24) is 5.32 Å². The molecule has 14 heavy (non-hydrogen) atoms. The summed E-state index contributed by atoms with van der Waals surface area (Å²) in [5, 5.41) is 2.39. The molecule has 3 N–H and O–H groups in total. The minimum Gasteiger partial charge on any atom is -0.453 e. The minimum atomic E-state index is -0.704. The van der Waals surface area contributed by atoms with E-state index in [9.17, 15) is 9.59 Å².